The van der Waals surface area contributed by atoms with Crippen LogP contribution in [0.15, 0.2) is 42.5 Å². The van der Waals surface area contributed by atoms with Crippen LogP contribution in [0.25, 0.3) is 0 Å². The summed E-state index contributed by atoms with van der Waals surface area (Å²) >= 11 is 0. The van der Waals surface area contributed by atoms with Gasteiger partial charge < -0.3 is 20.1 Å². The maximum atomic E-state index is 12.2. The van der Waals surface area contributed by atoms with Crippen molar-refractivity contribution in [2.24, 2.45) is 0 Å². The van der Waals surface area contributed by atoms with E-state index < -0.39 is 0 Å². The van der Waals surface area contributed by atoms with Gasteiger partial charge in [-0.2, -0.15) is 0 Å². The molecule has 1 amide bonds. The summed E-state index contributed by atoms with van der Waals surface area (Å²) in [6.45, 7) is 5.68. The monoisotopic (exact) mass is 354 g/mol. The number of carbonyl (C=O) groups excluding carboxylic acids is 1. The summed E-state index contributed by atoms with van der Waals surface area (Å²) in [7, 11) is 0. The zero-order valence-corrected chi connectivity index (χ0v) is 15.4. The van der Waals surface area contributed by atoms with Crippen LogP contribution in [0.1, 0.15) is 24.0 Å². The molecule has 0 spiro atoms. The van der Waals surface area contributed by atoms with Gasteiger partial charge in [-0.15, -0.1) is 0 Å². The molecule has 1 aliphatic heterocycles. The Bertz CT molecular complexity index is 755. The van der Waals surface area contributed by atoms with Crippen molar-refractivity contribution in [3.8, 4) is 5.75 Å². The number of carbonyl (C=O) groups is 1. The molecule has 1 saturated heterocycles. The van der Waals surface area contributed by atoms with E-state index in [0.29, 0.717) is 6.61 Å². The third kappa shape index (κ3) is 4.99. The molecule has 1 fully saturated rings. The lowest BCUT2D eigenvalue weighted by molar-refractivity contribution is -0.114. The molecule has 1 heterocycles. The minimum atomic E-state index is -0.0952. The SMILES string of the molecule is Cc1cccc(NCC(=O)Nc2cccc(OCC3CCCO3)c2)c1C. The van der Waals surface area contributed by atoms with E-state index in [1.807, 2.05) is 43.3 Å². The Morgan fingerprint density at radius 2 is 2.08 bits per heavy atom. The highest BCUT2D eigenvalue weighted by Gasteiger charge is 2.16. The van der Waals surface area contributed by atoms with E-state index in [0.717, 1.165) is 42.1 Å². The molecule has 5 nitrogen and oxygen atoms in total. The normalized spacial score (nSPS) is 16.3. The summed E-state index contributed by atoms with van der Waals surface area (Å²) in [4.78, 5) is 12.2. The lowest BCUT2D eigenvalue weighted by Gasteiger charge is -2.13. The van der Waals surface area contributed by atoms with Crippen LogP contribution < -0.4 is 15.4 Å². The molecule has 2 aromatic rings. The zero-order chi connectivity index (χ0) is 18.4. The van der Waals surface area contributed by atoms with Gasteiger partial charge >= 0.3 is 0 Å². The molecule has 1 aliphatic rings. The fourth-order valence-electron chi connectivity index (χ4n) is 2.95. The van der Waals surface area contributed by atoms with Crippen molar-refractivity contribution in [2.75, 3.05) is 30.4 Å². The smallest absolute Gasteiger partial charge is 0.243 e. The minimum absolute atomic E-state index is 0.0952. The quantitative estimate of drug-likeness (QED) is 0.791. The highest BCUT2D eigenvalue weighted by atomic mass is 16.5. The van der Waals surface area contributed by atoms with Crippen LogP contribution in [-0.4, -0.2) is 31.8 Å². The lowest BCUT2D eigenvalue weighted by atomic mass is 10.1. The first kappa shape index (κ1) is 18.3. The number of rotatable bonds is 7. The Morgan fingerprint density at radius 3 is 2.88 bits per heavy atom. The Balaban J connectivity index is 1.50. The number of aryl methyl sites for hydroxylation is 1. The van der Waals surface area contributed by atoms with Crippen LogP contribution in [0.3, 0.4) is 0 Å². The topological polar surface area (TPSA) is 59.6 Å². The van der Waals surface area contributed by atoms with E-state index >= 15 is 0 Å². The fraction of sp³-hybridized carbons (Fsp3) is 0.381. The predicted molar refractivity (Wildman–Crippen MR) is 104 cm³/mol. The molecule has 1 unspecified atom stereocenters. The summed E-state index contributed by atoms with van der Waals surface area (Å²) < 4.78 is 11.3. The van der Waals surface area contributed by atoms with Crippen molar-refractivity contribution in [1.29, 1.82) is 0 Å². The van der Waals surface area contributed by atoms with E-state index in [1.165, 1.54) is 5.56 Å². The molecule has 0 aromatic heterocycles. The molecule has 1 atom stereocenters. The molecule has 0 saturated carbocycles. The first-order valence-electron chi connectivity index (χ1n) is 9.06. The number of anilines is 2. The van der Waals surface area contributed by atoms with E-state index in [1.54, 1.807) is 0 Å². The van der Waals surface area contributed by atoms with Crippen LogP contribution in [0.5, 0.6) is 5.75 Å². The van der Waals surface area contributed by atoms with E-state index in [-0.39, 0.29) is 18.6 Å². The highest BCUT2D eigenvalue weighted by molar-refractivity contribution is 5.94. The Labute approximate surface area is 154 Å². The number of hydrogen-bond donors (Lipinski definition) is 2. The highest BCUT2D eigenvalue weighted by Crippen LogP contribution is 2.20. The van der Waals surface area contributed by atoms with E-state index in [2.05, 4.69) is 23.6 Å². The number of benzene rings is 2. The summed E-state index contributed by atoms with van der Waals surface area (Å²) in [5, 5.41) is 6.09. The second-order valence-corrected chi connectivity index (χ2v) is 6.62. The molecule has 5 heteroatoms. The molecular formula is C21H26N2O3. The third-order valence-electron chi connectivity index (χ3n) is 4.62. The number of amides is 1. The Morgan fingerprint density at radius 1 is 1.23 bits per heavy atom. The second-order valence-electron chi connectivity index (χ2n) is 6.62. The second kappa shape index (κ2) is 8.72. The number of ether oxygens (including phenoxy) is 2. The predicted octanol–water partition coefficient (Wildman–Crippen LogP) is 3.91. The first-order valence-corrected chi connectivity index (χ1v) is 9.06. The summed E-state index contributed by atoms with van der Waals surface area (Å²) in [6, 6.07) is 13.5. The minimum Gasteiger partial charge on any atom is -0.491 e. The maximum absolute atomic E-state index is 12.2. The van der Waals surface area contributed by atoms with Gasteiger partial charge in [0.2, 0.25) is 5.91 Å². The van der Waals surface area contributed by atoms with Gasteiger partial charge in [-0.3, -0.25) is 4.79 Å². The van der Waals surface area contributed by atoms with Gasteiger partial charge in [-0.05, 0) is 56.0 Å². The van der Waals surface area contributed by atoms with Gasteiger partial charge in [0, 0.05) is 24.0 Å². The van der Waals surface area contributed by atoms with Crippen molar-refractivity contribution in [3.05, 3.63) is 53.6 Å². The van der Waals surface area contributed by atoms with Gasteiger partial charge in [-0.25, -0.2) is 0 Å². The van der Waals surface area contributed by atoms with Crippen molar-refractivity contribution < 1.29 is 14.3 Å². The van der Waals surface area contributed by atoms with Crippen LogP contribution in [-0.2, 0) is 9.53 Å². The molecule has 26 heavy (non-hydrogen) atoms. The number of hydrogen-bond acceptors (Lipinski definition) is 4. The van der Waals surface area contributed by atoms with E-state index in [9.17, 15) is 4.79 Å². The van der Waals surface area contributed by atoms with Crippen LogP contribution in [0, 0.1) is 13.8 Å². The standard InChI is InChI=1S/C21H26N2O3/c1-15-6-3-10-20(16(15)2)22-13-21(24)23-17-7-4-8-18(12-17)26-14-19-9-5-11-25-19/h3-4,6-8,10,12,19,22H,5,9,11,13-14H2,1-2H3,(H,23,24). The van der Waals surface area contributed by atoms with Crippen LogP contribution >= 0.6 is 0 Å². The molecular weight excluding hydrogens is 328 g/mol. The van der Waals surface area contributed by atoms with Gasteiger partial charge in [0.15, 0.2) is 0 Å². The van der Waals surface area contributed by atoms with Crippen LogP contribution in [0.4, 0.5) is 11.4 Å². The summed E-state index contributed by atoms with van der Waals surface area (Å²) in [6.07, 6.45) is 2.31. The Hall–Kier alpha value is -2.53. The van der Waals surface area contributed by atoms with Gasteiger partial charge in [0.1, 0.15) is 12.4 Å². The van der Waals surface area contributed by atoms with Gasteiger partial charge in [0.25, 0.3) is 0 Å². The van der Waals surface area contributed by atoms with Crippen LogP contribution in [0.2, 0.25) is 0 Å². The van der Waals surface area contributed by atoms with E-state index in [4.69, 9.17) is 9.47 Å². The molecule has 2 N–H and O–H groups in total. The van der Waals surface area contributed by atoms with Gasteiger partial charge in [-0.1, -0.05) is 18.2 Å². The first-order chi connectivity index (χ1) is 12.6. The van der Waals surface area contributed by atoms with Gasteiger partial charge in [0.05, 0.1) is 12.6 Å². The van der Waals surface area contributed by atoms with Crippen molar-refractivity contribution in [1.82, 2.24) is 0 Å². The number of nitrogens with one attached hydrogen (secondary N) is 2. The largest absolute Gasteiger partial charge is 0.491 e. The molecule has 0 aliphatic carbocycles. The fourth-order valence-corrected chi connectivity index (χ4v) is 2.95. The Kier molecular flexibility index (Phi) is 6.12. The van der Waals surface area contributed by atoms with Crippen molar-refractivity contribution in [3.63, 3.8) is 0 Å². The molecule has 0 radical (unpaired) electrons. The molecule has 3 rings (SSSR count). The third-order valence-corrected chi connectivity index (χ3v) is 4.62. The zero-order valence-electron chi connectivity index (χ0n) is 15.4. The molecule has 138 valence electrons. The molecule has 0 bridgehead atoms. The van der Waals surface area contributed by atoms with Crippen molar-refractivity contribution in [2.45, 2.75) is 32.8 Å². The average Bonchev–Trinajstić information content (AvgIpc) is 3.15. The van der Waals surface area contributed by atoms with Crippen molar-refractivity contribution >= 4 is 17.3 Å². The average molecular weight is 354 g/mol. The summed E-state index contributed by atoms with van der Waals surface area (Å²) in [5.41, 5.74) is 4.06. The maximum Gasteiger partial charge on any atom is 0.243 e. The molecule has 2 aromatic carbocycles. The lowest BCUT2D eigenvalue weighted by Crippen LogP contribution is -2.22. The summed E-state index contributed by atoms with van der Waals surface area (Å²) in [5.74, 6) is 0.642.